The van der Waals surface area contributed by atoms with Crippen molar-refractivity contribution in [3.63, 3.8) is 0 Å². The number of fused-ring (bicyclic) bond motifs is 1. The van der Waals surface area contributed by atoms with Crippen LogP contribution in [0, 0.1) is 0 Å². The van der Waals surface area contributed by atoms with Gasteiger partial charge in [-0.15, -0.1) is 34.2 Å². The number of hydrogen-bond acceptors (Lipinski definition) is 3. The Morgan fingerprint density at radius 1 is 1.37 bits per heavy atom. The highest BCUT2D eigenvalue weighted by atomic mass is 127. The van der Waals surface area contributed by atoms with Crippen LogP contribution < -0.4 is 11.1 Å². The average Bonchev–Trinajstić information content (AvgIpc) is 2.54. The Bertz CT molecular complexity index is 426. The first-order valence-electron chi connectivity index (χ1n) is 6.64. The van der Waals surface area contributed by atoms with Crippen LogP contribution in [0.1, 0.15) is 44.8 Å². The average molecular weight is 378 g/mol. The van der Waals surface area contributed by atoms with E-state index in [0.717, 1.165) is 24.6 Å². The number of nitrogens with one attached hydrogen (secondary N) is 1. The second-order valence-corrected chi connectivity index (χ2v) is 5.00. The molecule has 0 atom stereocenters. The summed E-state index contributed by atoms with van der Waals surface area (Å²) in [5.74, 6) is 2.48. The van der Waals surface area contributed by atoms with Crippen molar-refractivity contribution in [2.24, 2.45) is 10.7 Å². The van der Waals surface area contributed by atoms with E-state index in [0.29, 0.717) is 18.5 Å². The molecule has 0 fully saturated rings. The Balaban J connectivity index is 0.00000180. The van der Waals surface area contributed by atoms with Gasteiger partial charge in [-0.25, -0.2) is 4.99 Å². The second-order valence-electron chi connectivity index (χ2n) is 5.00. The summed E-state index contributed by atoms with van der Waals surface area (Å²) in [7, 11) is 0. The van der Waals surface area contributed by atoms with Gasteiger partial charge in [0.15, 0.2) is 11.8 Å². The SMILES string of the molecule is CC(C)NC(N)=NCc1nnc2n1CCCCC2.I. The zero-order chi connectivity index (χ0) is 13.0. The third kappa shape index (κ3) is 4.63. The normalized spacial score (nSPS) is 15.6. The zero-order valence-corrected chi connectivity index (χ0v) is 13.9. The van der Waals surface area contributed by atoms with E-state index >= 15 is 0 Å². The summed E-state index contributed by atoms with van der Waals surface area (Å²) in [5.41, 5.74) is 5.78. The van der Waals surface area contributed by atoms with Gasteiger partial charge in [-0.3, -0.25) is 0 Å². The summed E-state index contributed by atoms with van der Waals surface area (Å²) in [6.45, 7) is 5.57. The molecule has 1 aromatic rings. The van der Waals surface area contributed by atoms with Crippen LogP contribution in [0.25, 0.3) is 0 Å². The molecule has 19 heavy (non-hydrogen) atoms. The molecular weight excluding hydrogens is 355 g/mol. The van der Waals surface area contributed by atoms with Crippen LogP contribution in [-0.2, 0) is 19.5 Å². The van der Waals surface area contributed by atoms with Gasteiger partial charge in [0.1, 0.15) is 12.4 Å². The minimum Gasteiger partial charge on any atom is -0.370 e. The molecule has 0 amide bonds. The Labute approximate surface area is 131 Å². The molecule has 0 bridgehead atoms. The van der Waals surface area contributed by atoms with E-state index in [4.69, 9.17) is 5.73 Å². The van der Waals surface area contributed by atoms with Crippen LogP contribution in [0.3, 0.4) is 0 Å². The number of nitrogens with two attached hydrogens (primary N) is 1. The number of halogens is 1. The second kappa shape index (κ2) is 7.66. The first kappa shape index (κ1) is 16.2. The van der Waals surface area contributed by atoms with E-state index in [2.05, 4.69) is 25.1 Å². The Kier molecular flexibility index (Phi) is 6.53. The van der Waals surface area contributed by atoms with Gasteiger partial charge in [-0.05, 0) is 26.7 Å². The summed E-state index contributed by atoms with van der Waals surface area (Å²) in [4.78, 5) is 4.31. The predicted molar refractivity (Wildman–Crippen MR) is 86.6 cm³/mol. The monoisotopic (exact) mass is 378 g/mol. The maximum Gasteiger partial charge on any atom is 0.189 e. The van der Waals surface area contributed by atoms with Crippen molar-refractivity contribution in [3.8, 4) is 0 Å². The quantitative estimate of drug-likeness (QED) is 0.474. The van der Waals surface area contributed by atoms with E-state index in [1.807, 2.05) is 13.8 Å². The summed E-state index contributed by atoms with van der Waals surface area (Å²) in [5, 5.41) is 11.5. The predicted octanol–water partition coefficient (Wildman–Crippen LogP) is 1.44. The molecule has 0 saturated heterocycles. The van der Waals surface area contributed by atoms with Crippen LogP contribution in [0.4, 0.5) is 0 Å². The smallest absolute Gasteiger partial charge is 0.189 e. The van der Waals surface area contributed by atoms with E-state index in [1.54, 1.807) is 0 Å². The van der Waals surface area contributed by atoms with Gasteiger partial charge in [-0.1, -0.05) is 6.42 Å². The lowest BCUT2D eigenvalue weighted by atomic mass is 10.2. The summed E-state index contributed by atoms with van der Waals surface area (Å²) in [6.07, 6.45) is 4.69. The zero-order valence-electron chi connectivity index (χ0n) is 11.6. The maximum atomic E-state index is 5.78. The van der Waals surface area contributed by atoms with Crippen LogP contribution in [0.15, 0.2) is 4.99 Å². The minimum absolute atomic E-state index is 0. The van der Waals surface area contributed by atoms with Gasteiger partial charge in [-0.2, -0.15) is 0 Å². The molecule has 0 saturated carbocycles. The molecule has 3 N–H and O–H groups in total. The number of hydrogen-bond donors (Lipinski definition) is 2. The Morgan fingerprint density at radius 2 is 2.16 bits per heavy atom. The third-order valence-electron chi connectivity index (χ3n) is 3.01. The first-order valence-corrected chi connectivity index (χ1v) is 6.64. The molecule has 2 heterocycles. The lowest BCUT2D eigenvalue weighted by Gasteiger charge is -2.09. The van der Waals surface area contributed by atoms with Crippen molar-refractivity contribution >= 4 is 29.9 Å². The van der Waals surface area contributed by atoms with Crippen LogP contribution in [-0.4, -0.2) is 26.8 Å². The first-order chi connectivity index (χ1) is 8.66. The van der Waals surface area contributed by atoms with Gasteiger partial charge in [0.25, 0.3) is 0 Å². The van der Waals surface area contributed by atoms with E-state index in [9.17, 15) is 0 Å². The number of rotatable bonds is 3. The van der Waals surface area contributed by atoms with Crippen molar-refractivity contribution < 1.29 is 0 Å². The fourth-order valence-corrected chi connectivity index (χ4v) is 2.16. The van der Waals surface area contributed by atoms with Gasteiger partial charge in [0.2, 0.25) is 0 Å². The largest absolute Gasteiger partial charge is 0.370 e. The fourth-order valence-electron chi connectivity index (χ4n) is 2.16. The molecule has 0 aliphatic carbocycles. The third-order valence-corrected chi connectivity index (χ3v) is 3.01. The fraction of sp³-hybridized carbons (Fsp3) is 0.750. The van der Waals surface area contributed by atoms with Crippen molar-refractivity contribution in [1.29, 1.82) is 0 Å². The number of nitrogens with zero attached hydrogens (tertiary/aromatic N) is 4. The molecule has 0 spiro atoms. The number of aliphatic imine (C=N–C) groups is 1. The molecule has 0 radical (unpaired) electrons. The van der Waals surface area contributed by atoms with E-state index in [1.165, 1.54) is 19.3 Å². The highest BCUT2D eigenvalue weighted by molar-refractivity contribution is 14.0. The molecule has 6 nitrogen and oxygen atoms in total. The Morgan fingerprint density at radius 3 is 2.89 bits per heavy atom. The van der Waals surface area contributed by atoms with Gasteiger partial charge < -0.3 is 15.6 Å². The molecule has 2 rings (SSSR count). The van der Waals surface area contributed by atoms with Gasteiger partial charge >= 0.3 is 0 Å². The number of aromatic nitrogens is 3. The van der Waals surface area contributed by atoms with Crippen molar-refractivity contribution in [2.75, 3.05) is 0 Å². The molecule has 0 aromatic carbocycles. The summed E-state index contributed by atoms with van der Waals surface area (Å²) in [6, 6.07) is 0.296. The number of aryl methyl sites for hydroxylation is 1. The van der Waals surface area contributed by atoms with E-state index in [-0.39, 0.29) is 24.0 Å². The van der Waals surface area contributed by atoms with E-state index < -0.39 is 0 Å². The molecule has 108 valence electrons. The standard InChI is InChI=1S/C12H22N6.HI/c1-9(2)15-12(13)14-8-11-17-16-10-6-4-3-5-7-18(10)11;/h9H,3-8H2,1-2H3,(H3,13,14,15);1H. The molecule has 7 heteroatoms. The maximum absolute atomic E-state index is 5.78. The molecule has 1 aromatic heterocycles. The van der Waals surface area contributed by atoms with Crippen molar-refractivity contribution in [3.05, 3.63) is 11.6 Å². The molecular formula is C12H23IN6. The topological polar surface area (TPSA) is 81.1 Å². The summed E-state index contributed by atoms with van der Waals surface area (Å²) >= 11 is 0. The van der Waals surface area contributed by atoms with Crippen molar-refractivity contribution in [1.82, 2.24) is 20.1 Å². The molecule has 0 unspecified atom stereocenters. The Hall–Kier alpha value is -0.860. The van der Waals surface area contributed by atoms with Crippen LogP contribution >= 0.6 is 24.0 Å². The van der Waals surface area contributed by atoms with Gasteiger partial charge in [0.05, 0.1) is 0 Å². The van der Waals surface area contributed by atoms with Crippen LogP contribution in [0.2, 0.25) is 0 Å². The van der Waals surface area contributed by atoms with Crippen molar-refractivity contribution in [2.45, 2.75) is 58.7 Å². The van der Waals surface area contributed by atoms with Gasteiger partial charge in [0, 0.05) is 19.0 Å². The highest BCUT2D eigenvalue weighted by Gasteiger charge is 2.14. The molecule has 1 aliphatic rings. The highest BCUT2D eigenvalue weighted by Crippen LogP contribution is 2.14. The lowest BCUT2D eigenvalue weighted by Crippen LogP contribution is -2.36. The van der Waals surface area contributed by atoms with Crippen LogP contribution in [0.5, 0.6) is 0 Å². The summed E-state index contributed by atoms with van der Waals surface area (Å²) < 4.78 is 2.19. The number of guanidine groups is 1. The minimum atomic E-state index is 0. The lowest BCUT2D eigenvalue weighted by molar-refractivity contribution is 0.605. The molecule has 1 aliphatic heterocycles.